The Morgan fingerprint density at radius 3 is 2.29 bits per heavy atom. The van der Waals surface area contributed by atoms with Crippen LogP contribution in [0.2, 0.25) is 0 Å². The summed E-state index contributed by atoms with van der Waals surface area (Å²) >= 11 is 0. The molecule has 0 saturated carbocycles. The quantitative estimate of drug-likeness (QED) is 0.905. The molecule has 5 nitrogen and oxygen atoms in total. The average molecular weight is 311 g/mol. The standard InChI is InChI=1S/C15H21NO4S/c1-2-8-15(14(17)18)9-11-16(12-10-15)21(19,20)13-6-4-3-5-7-13/h3-7H,2,8-12H2,1H3,(H,17,18). The summed E-state index contributed by atoms with van der Waals surface area (Å²) in [6, 6.07) is 8.29. The molecule has 1 fully saturated rings. The van der Waals surface area contributed by atoms with E-state index in [9.17, 15) is 18.3 Å². The Balaban J connectivity index is 2.15. The van der Waals surface area contributed by atoms with Crippen molar-refractivity contribution in [2.45, 2.75) is 37.5 Å². The van der Waals surface area contributed by atoms with E-state index in [1.165, 1.54) is 4.31 Å². The van der Waals surface area contributed by atoms with Crippen LogP contribution in [0.15, 0.2) is 35.2 Å². The number of benzene rings is 1. The third-order valence-corrected chi connectivity index (χ3v) is 6.16. The second-order valence-electron chi connectivity index (χ2n) is 5.55. The lowest BCUT2D eigenvalue weighted by Gasteiger charge is -2.38. The number of nitrogens with zero attached hydrogens (tertiary/aromatic N) is 1. The van der Waals surface area contributed by atoms with Gasteiger partial charge in [0.1, 0.15) is 0 Å². The minimum Gasteiger partial charge on any atom is -0.481 e. The molecule has 1 heterocycles. The molecular weight excluding hydrogens is 290 g/mol. The second kappa shape index (κ2) is 6.15. The number of aliphatic carboxylic acids is 1. The summed E-state index contributed by atoms with van der Waals surface area (Å²) in [6.07, 6.45) is 2.14. The summed E-state index contributed by atoms with van der Waals surface area (Å²) in [5.41, 5.74) is -0.766. The minimum absolute atomic E-state index is 0.267. The first-order chi connectivity index (χ1) is 9.92. The third kappa shape index (κ3) is 3.11. The van der Waals surface area contributed by atoms with E-state index in [-0.39, 0.29) is 18.0 Å². The van der Waals surface area contributed by atoms with E-state index in [1.54, 1.807) is 30.3 Å². The van der Waals surface area contributed by atoms with E-state index in [0.29, 0.717) is 19.3 Å². The van der Waals surface area contributed by atoms with Crippen molar-refractivity contribution in [3.8, 4) is 0 Å². The van der Waals surface area contributed by atoms with E-state index in [0.717, 1.165) is 6.42 Å². The number of carbonyl (C=O) groups is 1. The highest BCUT2D eigenvalue weighted by atomic mass is 32.2. The summed E-state index contributed by atoms with van der Waals surface area (Å²) in [6.45, 7) is 2.49. The van der Waals surface area contributed by atoms with Crippen LogP contribution in [0.4, 0.5) is 0 Å². The van der Waals surface area contributed by atoms with Crippen molar-refractivity contribution in [2.75, 3.05) is 13.1 Å². The number of carboxylic acid groups (broad SMARTS) is 1. The monoisotopic (exact) mass is 311 g/mol. The number of hydrogen-bond acceptors (Lipinski definition) is 3. The Labute approximate surface area is 125 Å². The molecule has 1 N–H and O–H groups in total. The van der Waals surface area contributed by atoms with Crippen LogP contribution in [0.1, 0.15) is 32.6 Å². The lowest BCUT2D eigenvalue weighted by molar-refractivity contribution is -0.152. The van der Waals surface area contributed by atoms with Gasteiger partial charge in [-0.1, -0.05) is 31.5 Å². The molecule has 0 atom stereocenters. The highest BCUT2D eigenvalue weighted by Crippen LogP contribution is 2.37. The molecule has 0 bridgehead atoms. The van der Waals surface area contributed by atoms with Crippen molar-refractivity contribution in [1.29, 1.82) is 0 Å². The van der Waals surface area contributed by atoms with Crippen molar-refractivity contribution in [1.82, 2.24) is 4.31 Å². The van der Waals surface area contributed by atoms with E-state index in [1.807, 2.05) is 6.92 Å². The van der Waals surface area contributed by atoms with Crippen LogP contribution >= 0.6 is 0 Å². The molecule has 1 aromatic carbocycles. The fourth-order valence-corrected chi connectivity index (χ4v) is 4.41. The van der Waals surface area contributed by atoms with Gasteiger partial charge in [0.2, 0.25) is 10.0 Å². The Hall–Kier alpha value is -1.40. The van der Waals surface area contributed by atoms with Gasteiger partial charge in [-0.2, -0.15) is 4.31 Å². The molecule has 6 heteroatoms. The average Bonchev–Trinajstić information content (AvgIpc) is 2.49. The van der Waals surface area contributed by atoms with Gasteiger partial charge in [-0.3, -0.25) is 4.79 Å². The zero-order valence-electron chi connectivity index (χ0n) is 12.2. The topological polar surface area (TPSA) is 74.7 Å². The Morgan fingerprint density at radius 1 is 1.24 bits per heavy atom. The number of rotatable bonds is 5. The summed E-state index contributed by atoms with van der Waals surface area (Å²) in [4.78, 5) is 11.8. The highest BCUT2D eigenvalue weighted by Gasteiger charge is 2.43. The van der Waals surface area contributed by atoms with Gasteiger partial charge < -0.3 is 5.11 Å². The first-order valence-corrected chi connectivity index (χ1v) is 8.65. The molecule has 1 aromatic rings. The van der Waals surface area contributed by atoms with Gasteiger partial charge in [-0.25, -0.2) is 8.42 Å². The summed E-state index contributed by atoms with van der Waals surface area (Å²) in [5.74, 6) is -0.805. The van der Waals surface area contributed by atoms with Gasteiger partial charge in [-0.05, 0) is 31.4 Å². The van der Waals surface area contributed by atoms with Gasteiger partial charge in [0.05, 0.1) is 10.3 Å². The van der Waals surface area contributed by atoms with Gasteiger partial charge in [0, 0.05) is 13.1 Å². The van der Waals surface area contributed by atoms with Crippen LogP contribution in [-0.2, 0) is 14.8 Å². The zero-order chi connectivity index (χ0) is 15.5. The zero-order valence-corrected chi connectivity index (χ0v) is 13.0. The summed E-state index contributed by atoms with van der Waals surface area (Å²) in [5, 5.41) is 9.46. The van der Waals surface area contributed by atoms with Gasteiger partial charge in [-0.15, -0.1) is 0 Å². The minimum atomic E-state index is -3.51. The van der Waals surface area contributed by atoms with Crippen LogP contribution < -0.4 is 0 Å². The molecule has 0 spiro atoms. The van der Waals surface area contributed by atoms with E-state index in [2.05, 4.69) is 0 Å². The molecule has 2 rings (SSSR count). The van der Waals surface area contributed by atoms with Crippen molar-refractivity contribution in [3.63, 3.8) is 0 Å². The molecule has 0 amide bonds. The molecule has 0 unspecified atom stereocenters. The first kappa shape index (κ1) is 16.0. The SMILES string of the molecule is CCCC1(C(=O)O)CCN(S(=O)(=O)c2ccccc2)CC1. The number of hydrogen-bond donors (Lipinski definition) is 1. The van der Waals surface area contributed by atoms with Crippen molar-refractivity contribution < 1.29 is 18.3 Å². The predicted octanol–water partition coefficient (Wildman–Crippen LogP) is 2.34. The molecule has 1 aliphatic heterocycles. The van der Waals surface area contributed by atoms with E-state index < -0.39 is 21.4 Å². The lowest BCUT2D eigenvalue weighted by Crippen LogP contribution is -2.46. The molecule has 0 radical (unpaired) electrons. The number of piperidine rings is 1. The maximum atomic E-state index is 12.5. The summed E-state index contributed by atoms with van der Waals surface area (Å²) in [7, 11) is -3.51. The van der Waals surface area contributed by atoms with Gasteiger partial charge in [0.15, 0.2) is 0 Å². The third-order valence-electron chi connectivity index (χ3n) is 4.24. The molecule has 21 heavy (non-hydrogen) atoms. The van der Waals surface area contributed by atoms with Crippen LogP contribution in [0.5, 0.6) is 0 Å². The van der Waals surface area contributed by atoms with Crippen molar-refractivity contribution in [2.24, 2.45) is 5.41 Å². The normalized spacial score (nSPS) is 19.3. The molecule has 116 valence electrons. The molecule has 0 aliphatic carbocycles. The van der Waals surface area contributed by atoms with Crippen molar-refractivity contribution in [3.05, 3.63) is 30.3 Å². The molecule has 1 saturated heterocycles. The second-order valence-corrected chi connectivity index (χ2v) is 7.49. The number of sulfonamides is 1. The highest BCUT2D eigenvalue weighted by molar-refractivity contribution is 7.89. The molecule has 1 aliphatic rings. The Kier molecular flexibility index (Phi) is 4.68. The maximum Gasteiger partial charge on any atom is 0.309 e. The fourth-order valence-electron chi connectivity index (χ4n) is 2.95. The van der Waals surface area contributed by atoms with Crippen LogP contribution in [0, 0.1) is 5.41 Å². The van der Waals surface area contributed by atoms with Crippen LogP contribution in [-0.4, -0.2) is 36.9 Å². The van der Waals surface area contributed by atoms with Gasteiger partial charge in [0.25, 0.3) is 0 Å². The number of carboxylic acids is 1. The fraction of sp³-hybridized carbons (Fsp3) is 0.533. The maximum absolute atomic E-state index is 12.5. The Bertz CT molecular complexity index is 589. The largest absolute Gasteiger partial charge is 0.481 e. The van der Waals surface area contributed by atoms with E-state index in [4.69, 9.17) is 0 Å². The first-order valence-electron chi connectivity index (χ1n) is 7.21. The summed E-state index contributed by atoms with van der Waals surface area (Å²) < 4.78 is 26.4. The Morgan fingerprint density at radius 2 is 1.81 bits per heavy atom. The van der Waals surface area contributed by atoms with Crippen molar-refractivity contribution >= 4 is 16.0 Å². The molecule has 0 aromatic heterocycles. The lowest BCUT2D eigenvalue weighted by atomic mass is 9.75. The van der Waals surface area contributed by atoms with E-state index >= 15 is 0 Å². The van der Waals surface area contributed by atoms with Gasteiger partial charge >= 0.3 is 5.97 Å². The molecular formula is C15H21NO4S. The smallest absolute Gasteiger partial charge is 0.309 e. The van der Waals surface area contributed by atoms with Crippen LogP contribution in [0.25, 0.3) is 0 Å². The van der Waals surface area contributed by atoms with Crippen LogP contribution in [0.3, 0.4) is 0 Å². The predicted molar refractivity (Wildman–Crippen MR) is 79.4 cm³/mol.